The van der Waals surface area contributed by atoms with E-state index in [-0.39, 0.29) is 17.9 Å². The molecule has 0 spiro atoms. The second-order valence-corrected chi connectivity index (χ2v) is 6.39. The third-order valence-corrected chi connectivity index (χ3v) is 4.30. The second-order valence-electron chi connectivity index (χ2n) is 6.39. The first-order chi connectivity index (χ1) is 11.0. The number of hydrogen-bond acceptors (Lipinski definition) is 3. The van der Waals surface area contributed by atoms with Crippen LogP contribution in [0.4, 0.5) is 0 Å². The molecular weight excluding hydrogens is 290 g/mol. The van der Waals surface area contributed by atoms with Crippen LogP contribution in [0.3, 0.4) is 0 Å². The van der Waals surface area contributed by atoms with Gasteiger partial charge in [0.1, 0.15) is 0 Å². The van der Waals surface area contributed by atoms with Gasteiger partial charge in [0.25, 0.3) is 0 Å². The minimum Gasteiger partial charge on any atom is -0.356 e. The SMILES string of the molecule is CC(=O)N1CCc2ccccc2C1CC(=O)NCCCN(C)C. The van der Waals surface area contributed by atoms with Gasteiger partial charge < -0.3 is 15.1 Å². The van der Waals surface area contributed by atoms with Gasteiger partial charge in [0.05, 0.1) is 12.5 Å². The maximum absolute atomic E-state index is 12.3. The van der Waals surface area contributed by atoms with E-state index in [0.717, 1.165) is 24.9 Å². The van der Waals surface area contributed by atoms with Gasteiger partial charge in [0.2, 0.25) is 11.8 Å². The summed E-state index contributed by atoms with van der Waals surface area (Å²) in [5, 5.41) is 2.97. The Bertz CT molecular complexity index is 557. The van der Waals surface area contributed by atoms with E-state index in [4.69, 9.17) is 0 Å². The summed E-state index contributed by atoms with van der Waals surface area (Å²) in [5.41, 5.74) is 2.35. The highest BCUT2D eigenvalue weighted by Gasteiger charge is 2.30. The highest BCUT2D eigenvalue weighted by atomic mass is 16.2. The molecule has 5 heteroatoms. The number of carbonyl (C=O) groups excluding carboxylic acids is 2. The summed E-state index contributed by atoms with van der Waals surface area (Å²) in [6, 6.07) is 7.97. The van der Waals surface area contributed by atoms with Crippen molar-refractivity contribution in [2.24, 2.45) is 0 Å². The summed E-state index contributed by atoms with van der Waals surface area (Å²) in [6.07, 6.45) is 2.12. The van der Waals surface area contributed by atoms with Crippen LogP contribution in [0, 0.1) is 0 Å². The molecule has 1 aliphatic rings. The first-order valence-electron chi connectivity index (χ1n) is 8.25. The molecule has 23 heavy (non-hydrogen) atoms. The summed E-state index contributed by atoms with van der Waals surface area (Å²) in [7, 11) is 4.04. The van der Waals surface area contributed by atoms with Crippen molar-refractivity contribution in [3.8, 4) is 0 Å². The average molecular weight is 317 g/mol. The fourth-order valence-electron chi connectivity index (χ4n) is 3.12. The summed E-state index contributed by atoms with van der Waals surface area (Å²) in [4.78, 5) is 28.1. The molecule has 1 aromatic carbocycles. The van der Waals surface area contributed by atoms with Crippen LogP contribution in [-0.2, 0) is 16.0 Å². The number of fused-ring (bicyclic) bond motifs is 1. The average Bonchev–Trinajstić information content (AvgIpc) is 2.51. The lowest BCUT2D eigenvalue weighted by molar-refractivity contribution is -0.133. The lowest BCUT2D eigenvalue weighted by Gasteiger charge is -2.36. The number of benzene rings is 1. The van der Waals surface area contributed by atoms with E-state index in [0.29, 0.717) is 19.5 Å². The molecule has 1 N–H and O–H groups in total. The summed E-state index contributed by atoms with van der Waals surface area (Å²) in [6.45, 7) is 3.89. The van der Waals surface area contributed by atoms with Crippen LogP contribution < -0.4 is 5.32 Å². The third-order valence-electron chi connectivity index (χ3n) is 4.30. The zero-order valence-corrected chi connectivity index (χ0v) is 14.3. The van der Waals surface area contributed by atoms with Crippen molar-refractivity contribution < 1.29 is 9.59 Å². The Hall–Kier alpha value is -1.88. The molecule has 1 aliphatic heterocycles. The smallest absolute Gasteiger partial charge is 0.222 e. The van der Waals surface area contributed by atoms with Gasteiger partial charge in [-0.05, 0) is 44.6 Å². The molecule has 0 radical (unpaired) electrons. The Morgan fingerprint density at radius 3 is 2.74 bits per heavy atom. The van der Waals surface area contributed by atoms with Crippen molar-refractivity contribution in [1.29, 1.82) is 0 Å². The molecule has 0 saturated heterocycles. The largest absolute Gasteiger partial charge is 0.356 e. The molecule has 0 aromatic heterocycles. The van der Waals surface area contributed by atoms with E-state index >= 15 is 0 Å². The van der Waals surface area contributed by atoms with Gasteiger partial charge >= 0.3 is 0 Å². The standard InChI is InChI=1S/C18H27N3O2/c1-14(22)21-12-9-15-7-4-5-8-16(15)17(21)13-18(23)19-10-6-11-20(2)3/h4-5,7-8,17H,6,9-13H2,1-3H3,(H,19,23). The van der Waals surface area contributed by atoms with E-state index < -0.39 is 0 Å². The maximum Gasteiger partial charge on any atom is 0.222 e. The zero-order chi connectivity index (χ0) is 16.8. The highest BCUT2D eigenvalue weighted by Crippen LogP contribution is 2.32. The lowest BCUT2D eigenvalue weighted by Crippen LogP contribution is -2.41. The van der Waals surface area contributed by atoms with Crippen molar-refractivity contribution in [2.45, 2.75) is 32.2 Å². The van der Waals surface area contributed by atoms with Crippen LogP contribution in [0.2, 0.25) is 0 Å². The van der Waals surface area contributed by atoms with E-state index in [1.54, 1.807) is 6.92 Å². The molecule has 1 unspecified atom stereocenters. The molecule has 0 bridgehead atoms. The normalized spacial score (nSPS) is 17.0. The molecule has 2 rings (SSSR count). The van der Waals surface area contributed by atoms with Gasteiger partial charge in [-0.25, -0.2) is 0 Å². The number of nitrogens with one attached hydrogen (secondary N) is 1. The van der Waals surface area contributed by atoms with Crippen LogP contribution in [0.25, 0.3) is 0 Å². The van der Waals surface area contributed by atoms with Crippen LogP contribution >= 0.6 is 0 Å². The van der Waals surface area contributed by atoms with Crippen molar-refractivity contribution in [3.05, 3.63) is 35.4 Å². The van der Waals surface area contributed by atoms with Gasteiger partial charge in [-0.15, -0.1) is 0 Å². The molecule has 5 nitrogen and oxygen atoms in total. The predicted molar refractivity (Wildman–Crippen MR) is 91.1 cm³/mol. The molecular formula is C18H27N3O2. The van der Waals surface area contributed by atoms with E-state index in [9.17, 15) is 9.59 Å². The second kappa shape index (κ2) is 8.11. The first kappa shape index (κ1) is 17.5. The number of amides is 2. The minimum atomic E-state index is -0.147. The van der Waals surface area contributed by atoms with Gasteiger partial charge in [-0.2, -0.15) is 0 Å². The van der Waals surface area contributed by atoms with Crippen LogP contribution in [0.5, 0.6) is 0 Å². The topological polar surface area (TPSA) is 52.7 Å². The van der Waals surface area contributed by atoms with Crippen LogP contribution in [0.15, 0.2) is 24.3 Å². The highest BCUT2D eigenvalue weighted by molar-refractivity contribution is 5.79. The number of carbonyl (C=O) groups is 2. The summed E-state index contributed by atoms with van der Waals surface area (Å²) < 4.78 is 0. The number of rotatable bonds is 6. The zero-order valence-electron chi connectivity index (χ0n) is 14.3. The van der Waals surface area contributed by atoms with Crippen LogP contribution in [-0.4, -0.2) is 55.3 Å². The Morgan fingerprint density at radius 1 is 1.30 bits per heavy atom. The van der Waals surface area contributed by atoms with Gasteiger partial charge in [0, 0.05) is 20.0 Å². The molecule has 1 heterocycles. The van der Waals surface area contributed by atoms with Crippen molar-refractivity contribution in [3.63, 3.8) is 0 Å². The fraction of sp³-hybridized carbons (Fsp3) is 0.556. The van der Waals surface area contributed by atoms with Gasteiger partial charge in [-0.1, -0.05) is 24.3 Å². The quantitative estimate of drug-likeness (QED) is 0.811. The van der Waals surface area contributed by atoms with Gasteiger partial charge in [0.15, 0.2) is 0 Å². The van der Waals surface area contributed by atoms with Gasteiger partial charge in [-0.3, -0.25) is 9.59 Å². The van der Waals surface area contributed by atoms with E-state index in [1.165, 1.54) is 5.56 Å². The molecule has 0 aliphatic carbocycles. The molecule has 0 saturated carbocycles. The molecule has 1 atom stereocenters. The van der Waals surface area contributed by atoms with Crippen molar-refractivity contribution in [1.82, 2.24) is 15.1 Å². The summed E-state index contributed by atoms with van der Waals surface area (Å²) in [5.74, 6) is 0.0432. The minimum absolute atomic E-state index is 0.0108. The van der Waals surface area contributed by atoms with Crippen LogP contribution in [0.1, 0.15) is 36.9 Å². The Kier molecular flexibility index (Phi) is 6.16. The Morgan fingerprint density at radius 2 is 2.04 bits per heavy atom. The van der Waals surface area contributed by atoms with Crippen molar-refractivity contribution in [2.75, 3.05) is 33.7 Å². The predicted octanol–water partition coefficient (Wildman–Crippen LogP) is 1.59. The first-order valence-corrected chi connectivity index (χ1v) is 8.25. The Balaban J connectivity index is 2.00. The lowest BCUT2D eigenvalue weighted by atomic mass is 9.90. The van der Waals surface area contributed by atoms with E-state index in [2.05, 4.69) is 16.3 Å². The summed E-state index contributed by atoms with van der Waals surface area (Å²) >= 11 is 0. The molecule has 0 fully saturated rings. The number of hydrogen-bond donors (Lipinski definition) is 1. The molecule has 2 amide bonds. The maximum atomic E-state index is 12.3. The number of nitrogens with zero attached hydrogens (tertiary/aromatic N) is 2. The molecule has 1 aromatic rings. The fourth-order valence-corrected chi connectivity index (χ4v) is 3.12. The monoisotopic (exact) mass is 317 g/mol. The van der Waals surface area contributed by atoms with E-state index in [1.807, 2.05) is 37.2 Å². The molecule has 126 valence electrons. The third kappa shape index (κ3) is 4.79. The Labute approximate surface area is 138 Å². The van der Waals surface area contributed by atoms with Crippen molar-refractivity contribution >= 4 is 11.8 Å².